The van der Waals surface area contributed by atoms with Gasteiger partial charge in [0.15, 0.2) is 0 Å². The number of rotatable bonds is 9. The SMILES string of the molecule is CC(C)(COCc1cccc(Oc2ccc(O)cc2)c1)c1ccc(OC(F)(F)Br)cc1. The molecule has 0 bridgehead atoms. The minimum atomic E-state index is -3.40. The second-order valence-electron chi connectivity index (χ2n) is 7.69. The van der Waals surface area contributed by atoms with Crippen LogP contribution in [0.2, 0.25) is 0 Å². The predicted molar refractivity (Wildman–Crippen MR) is 118 cm³/mol. The molecule has 3 aromatic carbocycles. The van der Waals surface area contributed by atoms with E-state index in [0.29, 0.717) is 24.7 Å². The molecule has 7 heteroatoms. The van der Waals surface area contributed by atoms with E-state index in [1.54, 1.807) is 36.4 Å². The molecule has 0 saturated heterocycles. The van der Waals surface area contributed by atoms with Gasteiger partial charge in [0.25, 0.3) is 0 Å². The highest BCUT2D eigenvalue weighted by atomic mass is 79.9. The first-order valence-corrected chi connectivity index (χ1v) is 10.4. The second kappa shape index (κ2) is 9.66. The van der Waals surface area contributed by atoms with Crippen molar-refractivity contribution in [3.8, 4) is 23.0 Å². The Morgan fingerprint density at radius 3 is 2.16 bits per heavy atom. The molecule has 0 aliphatic carbocycles. The highest BCUT2D eigenvalue weighted by Gasteiger charge is 2.27. The summed E-state index contributed by atoms with van der Waals surface area (Å²) in [5.41, 5.74) is 1.58. The van der Waals surface area contributed by atoms with E-state index < -0.39 is 5.02 Å². The van der Waals surface area contributed by atoms with Gasteiger partial charge in [-0.05, 0) is 59.7 Å². The first kappa shape index (κ1) is 23.0. The van der Waals surface area contributed by atoms with Crippen molar-refractivity contribution in [2.45, 2.75) is 30.9 Å². The summed E-state index contributed by atoms with van der Waals surface area (Å²) >= 11 is 2.16. The topological polar surface area (TPSA) is 47.9 Å². The lowest BCUT2D eigenvalue weighted by Gasteiger charge is -2.25. The average molecular weight is 493 g/mol. The summed E-state index contributed by atoms with van der Waals surface area (Å²) in [5, 5.41) is 5.96. The molecule has 3 rings (SSSR count). The number of aromatic hydroxyl groups is 1. The highest BCUT2D eigenvalue weighted by molar-refractivity contribution is 9.09. The van der Waals surface area contributed by atoms with Crippen LogP contribution in [0.5, 0.6) is 23.0 Å². The zero-order valence-corrected chi connectivity index (χ0v) is 18.7. The maximum absolute atomic E-state index is 12.9. The number of halogens is 3. The van der Waals surface area contributed by atoms with Gasteiger partial charge in [-0.25, -0.2) is 0 Å². The molecule has 0 atom stereocenters. The molecule has 164 valence electrons. The Hall–Kier alpha value is -2.64. The van der Waals surface area contributed by atoms with Gasteiger partial charge in [0.05, 0.1) is 13.2 Å². The molecular weight excluding hydrogens is 470 g/mol. The predicted octanol–water partition coefficient (Wildman–Crippen LogP) is 7.00. The average Bonchev–Trinajstić information content (AvgIpc) is 2.69. The molecule has 0 aromatic heterocycles. The summed E-state index contributed by atoms with van der Waals surface area (Å²) in [5.74, 6) is 1.56. The molecule has 0 heterocycles. The van der Waals surface area contributed by atoms with Gasteiger partial charge in [0, 0.05) is 21.3 Å². The molecule has 31 heavy (non-hydrogen) atoms. The van der Waals surface area contributed by atoms with E-state index >= 15 is 0 Å². The number of alkyl halides is 3. The van der Waals surface area contributed by atoms with Crippen LogP contribution in [0.1, 0.15) is 25.0 Å². The zero-order chi connectivity index (χ0) is 22.5. The van der Waals surface area contributed by atoms with Gasteiger partial charge in [-0.2, -0.15) is 8.78 Å². The number of phenols is 1. The van der Waals surface area contributed by atoms with Crippen molar-refractivity contribution in [1.82, 2.24) is 0 Å². The van der Waals surface area contributed by atoms with Crippen LogP contribution >= 0.6 is 15.9 Å². The number of ether oxygens (including phenoxy) is 3. The Balaban J connectivity index is 1.55. The molecule has 0 saturated carbocycles. The fourth-order valence-corrected chi connectivity index (χ4v) is 3.15. The number of phenolic OH excluding ortho intramolecular Hbond substituents is 1. The van der Waals surface area contributed by atoms with Gasteiger partial charge in [0.1, 0.15) is 23.0 Å². The lowest BCUT2D eigenvalue weighted by atomic mass is 9.85. The van der Waals surface area contributed by atoms with Crippen LogP contribution < -0.4 is 9.47 Å². The maximum atomic E-state index is 12.9. The van der Waals surface area contributed by atoms with Gasteiger partial charge >= 0.3 is 5.02 Å². The summed E-state index contributed by atoms with van der Waals surface area (Å²) in [7, 11) is 0. The molecule has 1 N–H and O–H groups in total. The third-order valence-electron chi connectivity index (χ3n) is 4.57. The number of benzene rings is 3. The highest BCUT2D eigenvalue weighted by Crippen LogP contribution is 2.30. The maximum Gasteiger partial charge on any atom is 0.459 e. The van der Waals surface area contributed by atoms with E-state index in [2.05, 4.69) is 20.7 Å². The molecule has 0 unspecified atom stereocenters. The molecule has 4 nitrogen and oxygen atoms in total. The quantitative estimate of drug-likeness (QED) is 0.326. The van der Waals surface area contributed by atoms with E-state index in [1.807, 2.05) is 38.1 Å². The molecule has 0 radical (unpaired) electrons. The van der Waals surface area contributed by atoms with Crippen LogP contribution in [-0.4, -0.2) is 16.7 Å². The Kier molecular flexibility index (Phi) is 7.18. The Morgan fingerprint density at radius 1 is 0.871 bits per heavy atom. The summed E-state index contributed by atoms with van der Waals surface area (Å²) in [6.45, 7) is 4.87. The van der Waals surface area contributed by atoms with E-state index in [9.17, 15) is 13.9 Å². The van der Waals surface area contributed by atoms with Gasteiger partial charge < -0.3 is 19.3 Å². The van der Waals surface area contributed by atoms with E-state index in [4.69, 9.17) is 9.47 Å². The number of hydrogen-bond donors (Lipinski definition) is 1. The summed E-state index contributed by atoms with van der Waals surface area (Å²) in [6.07, 6.45) is 0. The standard InChI is InChI=1S/C24H23BrF2O4/c1-23(2,18-6-10-21(11-7-18)31-24(25,26)27)16-29-15-17-4-3-5-22(14-17)30-20-12-8-19(28)9-13-20/h3-14,28H,15-16H2,1-2H3. The molecule has 0 amide bonds. The smallest absolute Gasteiger partial charge is 0.459 e. The largest absolute Gasteiger partial charge is 0.508 e. The van der Waals surface area contributed by atoms with Crippen molar-refractivity contribution in [3.63, 3.8) is 0 Å². The van der Waals surface area contributed by atoms with E-state index in [-0.39, 0.29) is 16.9 Å². The van der Waals surface area contributed by atoms with Crippen molar-refractivity contribution in [2.75, 3.05) is 6.61 Å². The van der Waals surface area contributed by atoms with Gasteiger partial charge in [-0.1, -0.05) is 38.1 Å². The normalized spacial score (nSPS) is 11.9. The van der Waals surface area contributed by atoms with Crippen molar-refractivity contribution in [3.05, 3.63) is 83.9 Å². The third-order valence-corrected chi connectivity index (χ3v) is 4.73. The van der Waals surface area contributed by atoms with Crippen LogP contribution in [0.4, 0.5) is 8.78 Å². The Bertz CT molecular complexity index is 984. The lowest BCUT2D eigenvalue weighted by molar-refractivity contribution is -0.0803. The zero-order valence-electron chi connectivity index (χ0n) is 17.1. The second-order valence-corrected chi connectivity index (χ2v) is 8.62. The third kappa shape index (κ3) is 7.22. The van der Waals surface area contributed by atoms with Crippen LogP contribution in [0.3, 0.4) is 0 Å². The Labute approximate surface area is 188 Å². The van der Waals surface area contributed by atoms with Gasteiger partial charge in [-0.3, -0.25) is 0 Å². The molecule has 0 spiro atoms. The lowest BCUT2D eigenvalue weighted by Crippen LogP contribution is -2.24. The summed E-state index contributed by atoms with van der Waals surface area (Å²) in [6, 6.07) is 20.6. The molecule has 0 fully saturated rings. The molecule has 3 aromatic rings. The van der Waals surface area contributed by atoms with Crippen LogP contribution in [0.25, 0.3) is 0 Å². The molecule has 0 aliphatic heterocycles. The van der Waals surface area contributed by atoms with Crippen LogP contribution in [0, 0.1) is 0 Å². The van der Waals surface area contributed by atoms with Gasteiger partial charge in [-0.15, -0.1) is 0 Å². The summed E-state index contributed by atoms with van der Waals surface area (Å²) < 4.78 is 42.0. The van der Waals surface area contributed by atoms with E-state index in [0.717, 1.165) is 11.1 Å². The van der Waals surface area contributed by atoms with Crippen molar-refractivity contribution in [1.29, 1.82) is 0 Å². The monoisotopic (exact) mass is 492 g/mol. The minimum absolute atomic E-state index is 0.0767. The van der Waals surface area contributed by atoms with Crippen LogP contribution in [-0.2, 0) is 16.8 Å². The van der Waals surface area contributed by atoms with Crippen molar-refractivity contribution < 1.29 is 28.1 Å². The fraction of sp³-hybridized carbons (Fsp3) is 0.250. The first-order chi connectivity index (χ1) is 14.6. The first-order valence-electron chi connectivity index (χ1n) is 9.61. The molecule has 0 aliphatic rings. The fourth-order valence-electron chi connectivity index (χ4n) is 2.96. The van der Waals surface area contributed by atoms with Crippen LogP contribution in [0.15, 0.2) is 72.8 Å². The number of hydrogen-bond acceptors (Lipinski definition) is 4. The summed E-state index contributed by atoms with van der Waals surface area (Å²) in [4.78, 5) is 0. The van der Waals surface area contributed by atoms with Gasteiger partial charge in [0.2, 0.25) is 0 Å². The van der Waals surface area contributed by atoms with Crippen molar-refractivity contribution >= 4 is 15.9 Å². The van der Waals surface area contributed by atoms with Crippen molar-refractivity contribution in [2.24, 2.45) is 0 Å². The van der Waals surface area contributed by atoms with E-state index in [1.165, 1.54) is 12.1 Å². The molecular formula is C24H23BrF2O4. The Morgan fingerprint density at radius 2 is 1.52 bits per heavy atom. The minimum Gasteiger partial charge on any atom is -0.508 e.